The first-order chi connectivity index (χ1) is 9.18. The van der Waals surface area contributed by atoms with Gasteiger partial charge in [-0.15, -0.1) is 0 Å². The second-order valence-electron chi connectivity index (χ2n) is 5.33. The second-order valence-corrected chi connectivity index (χ2v) is 5.33. The quantitative estimate of drug-likeness (QED) is 0.563. The first-order valence-corrected chi connectivity index (χ1v) is 7.42. The predicted octanol–water partition coefficient (Wildman–Crippen LogP) is 2.51. The van der Waals surface area contributed by atoms with Gasteiger partial charge in [0.15, 0.2) is 0 Å². The van der Waals surface area contributed by atoms with Gasteiger partial charge in [-0.05, 0) is 25.2 Å². The average molecular weight is 270 g/mol. The number of aliphatic carboxylic acids is 1. The van der Waals surface area contributed by atoms with E-state index in [4.69, 9.17) is 5.11 Å². The number of hydrogen-bond donors (Lipinski definition) is 3. The molecule has 0 aliphatic heterocycles. The van der Waals surface area contributed by atoms with Crippen molar-refractivity contribution in [3.63, 3.8) is 0 Å². The Balaban J connectivity index is 1.86. The van der Waals surface area contributed by atoms with Crippen LogP contribution in [0, 0.1) is 5.92 Å². The van der Waals surface area contributed by atoms with E-state index in [2.05, 4.69) is 10.6 Å². The molecule has 1 fully saturated rings. The number of nitrogens with one attached hydrogen (secondary N) is 2. The van der Waals surface area contributed by atoms with Crippen LogP contribution in [0.3, 0.4) is 0 Å². The Morgan fingerprint density at radius 1 is 1.00 bits per heavy atom. The molecule has 110 valence electrons. The number of urea groups is 1. The topological polar surface area (TPSA) is 78.4 Å². The SMILES string of the molecule is O=C(O)CCCCCNC(=O)NCCC1CCCC1. The van der Waals surface area contributed by atoms with Crippen LogP contribution in [-0.4, -0.2) is 30.2 Å². The molecule has 0 aromatic rings. The third kappa shape index (κ3) is 8.46. The molecule has 2 amide bonds. The minimum atomic E-state index is -0.752. The zero-order valence-corrected chi connectivity index (χ0v) is 11.6. The van der Waals surface area contributed by atoms with E-state index in [1.54, 1.807) is 0 Å². The maximum Gasteiger partial charge on any atom is 0.314 e. The number of unbranched alkanes of at least 4 members (excludes halogenated alkanes) is 2. The summed E-state index contributed by atoms with van der Waals surface area (Å²) in [5, 5.41) is 14.1. The minimum absolute atomic E-state index is 0.101. The minimum Gasteiger partial charge on any atom is -0.481 e. The molecule has 3 N–H and O–H groups in total. The van der Waals surface area contributed by atoms with E-state index in [9.17, 15) is 9.59 Å². The van der Waals surface area contributed by atoms with Gasteiger partial charge in [-0.1, -0.05) is 32.1 Å². The van der Waals surface area contributed by atoms with Crippen LogP contribution in [0.5, 0.6) is 0 Å². The molecule has 1 saturated carbocycles. The summed E-state index contributed by atoms with van der Waals surface area (Å²) in [5.74, 6) is 0.0499. The van der Waals surface area contributed by atoms with Crippen molar-refractivity contribution >= 4 is 12.0 Å². The Bertz CT molecular complexity index is 276. The van der Waals surface area contributed by atoms with Gasteiger partial charge in [-0.2, -0.15) is 0 Å². The van der Waals surface area contributed by atoms with Crippen molar-refractivity contribution in [2.24, 2.45) is 5.92 Å². The van der Waals surface area contributed by atoms with Gasteiger partial charge in [-0.25, -0.2) is 4.79 Å². The predicted molar refractivity (Wildman–Crippen MR) is 74.1 cm³/mol. The maximum atomic E-state index is 11.4. The van der Waals surface area contributed by atoms with Crippen LogP contribution < -0.4 is 10.6 Å². The highest BCUT2D eigenvalue weighted by molar-refractivity contribution is 5.73. The van der Waals surface area contributed by atoms with Crippen LogP contribution in [0.4, 0.5) is 4.79 Å². The fourth-order valence-corrected chi connectivity index (χ4v) is 2.53. The molecule has 0 heterocycles. The fraction of sp³-hybridized carbons (Fsp3) is 0.857. The lowest BCUT2D eigenvalue weighted by molar-refractivity contribution is -0.137. The molecular formula is C14H26N2O3. The van der Waals surface area contributed by atoms with Gasteiger partial charge in [0.25, 0.3) is 0 Å². The summed E-state index contributed by atoms with van der Waals surface area (Å²) in [7, 11) is 0. The fourth-order valence-electron chi connectivity index (χ4n) is 2.53. The van der Waals surface area contributed by atoms with Crippen molar-refractivity contribution in [2.75, 3.05) is 13.1 Å². The smallest absolute Gasteiger partial charge is 0.314 e. The maximum absolute atomic E-state index is 11.4. The lowest BCUT2D eigenvalue weighted by Crippen LogP contribution is -2.36. The Labute approximate surface area is 115 Å². The standard InChI is InChI=1S/C14H26N2O3/c17-13(18)8-2-1-5-10-15-14(19)16-11-9-12-6-3-4-7-12/h12H,1-11H2,(H,17,18)(H2,15,16,19). The van der Waals surface area contributed by atoms with Crippen molar-refractivity contribution in [1.82, 2.24) is 10.6 Å². The van der Waals surface area contributed by atoms with E-state index < -0.39 is 5.97 Å². The van der Waals surface area contributed by atoms with Crippen LogP contribution in [-0.2, 0) is 4.79 Å². The number of hydrogen-bond acceptors (Lipinski definition) is 2. The molecule has 1 aliphatic rings. The number of carboxylic acids is 1. The van der Waals surface area contributed by atoms with E-state index >= 15 is 0 Å². The first kappa shape index (κ1) is 15.8. The van der Waals surface area contributed by atoms with Gasteiger partial charge in [-0.3, -0.25) is 4.79 Å². The van der Waals surface area contributed by atoms with Crippen molar-refractivity contribution < 1.29 is 14.7 Å². The summed E-state index contributed by atoms with van der Waals surface area (Å²) in [6.45, 7) is 1.38. The lowest BCUT2D eigenvalue weighted by Gasteiger charge is -2.10. The van der Waals surface area contributed by atoms with Crippen LogP contribution >= 0.6 is 0 Å². The van der Waals surface area contributed by atoms with E-state index in [0.29, 0.717) is 13.0 Å². The molecule has 5 nitrogen and oxygen atoms in total. The normalized spacial score (nSPS) is 15.4. The van der Waals surface area contributed by atoms with Crippen LogP contribution in [0.25, 0.3) is 0 Å². The third-order valence-corrected chi connectivity index (χ3v) is 3.67. The molecule has 0 spiro atoms. The number of rotatable bonds is 9. The van der Waals surface area contributed by atoms with E-state index in [0.717, 1.165) is 31.7 Å². The van der Waals surface area contributed by atoms with Gasteiger partial charge in [0.05, 0.1) is 0 Å². The summed E-state index contributed by atoms with van der Waals surface area (Å²) in [6, 6.07) is -0.101. The van der Waals surface area contributed by atoms with Crippen molar-refractivity contribution in [3.05, 3.63) is 0 Å². The number of carbonyl (C=O) groups is 2. The molecular weight excluding hydrogens is 244 g/mol. The Hall–Kier alpha value is -1.26. The number of carboxylic acid groups (broad SMARTS) is 1. The number of amides is 2. The van der Waals surface area contributed by atoms with Crippen molar-refractivity contribution in [3.8, 4) is 0 Å². The summed E-state index contributed by atoms with van der Waals surface area (Å²) in [4.78, 5) is 21.7. The largest absolute Gasteiger partial charge is 0.481 e. The monoisotopic (exact) mass is 270 g/mol. The van der Waals surface area contributed by atoms with Crippen molar-refractivity contribution in [1.29, 1.82) is 0 Å². The third-order valence-electron chi connectivity index (χ3n) is 3.67. The highest BCUT2D eigenvalue weighted by Gasteiger charge is 2.14. The van der Waals surface area contributed by atoms with E-state index in [-0.39, 0.29) is 12.5 Å². The highest BCUT2D eigenvalue weighted by Crippen LogP contribution is 2.26. The van der Waals surface area contributed by atoms with Crippen LogP contribution in [0.2, 0.25) is 0 Å². The van der Waals surface area contributed by atoms with Gasteiger partial charge < -0.3 is 15.7 Å². The van der Waals surface area contributed by atoms with Gasteiger partial charge in [0.1, 0.15) is 0 Å². The molecule has 19 heavy (non-hydrogen) atoms. The average Bonchev–Trinajstić information content (AvgIpc) is 2.86. The Morgan fingerprint density at radius 2 is 1.68 bits per heavy atom. The number of carbonyl (C=O) groups excluding carboxylic acids is 1. The van der Waals surface area contributed by atoms with Crippen LogP contribution in [0.15, 0.2) is 0 Å². The summed E-state index contributed by atoms with van der Waals surface area (Å²) in [5.41, 5.74) is 0. The van der Waals surface area contributed by atoms with Gasteiger partial charge >= 0.3 is 12.0 Å². The molecule has 0 atom stereocenters. The first-order valence-electron chi connectivity index (χ1n) is 7.42. The Morgan fingerprint density at radius 3 is 2.37 bits per heavy atom. The molecule has 0 aromatic carbocycles. The van der Waals surface area contributed by atoms with E-state index in [1.807, 2.05) is 0 Å². The molecule has 1 aliphatic carbocycles. The highest BCUT2D eigenvalue weighted by atomic mass is 16.4. The van der Waals surface area contributed by atoms with Gasteiger partial charge in [0, 0.05) is 19.5 Å². The van der Waals surface area contributed by atoms with E-state index in [1.165, 1.54) is 25.7 Å². The second kappa shape index (κ2) is 9.64. The summed E-state index contributed by atoms with van der Waals surface area (Å²) in [6.07, 6.45) is 8.97. The molecule has 0 bridgehead atoms. The molecule has 0 unspecified atom stereocenters. The zero-order valence-electron chi connectivity index (χ0n) is 11.6. The Kier molecular flexibility index (Phi) is 8.02. The van der Waals surface area contributed by atoms with Crippen molar-refractivity contribution in [2.45, 2.75) is 57.8 Å². The zero-order chi connectivity index (χ0) is 13.9. The summed E-state index contributed by atoms with van der Waals surface area (Å²) < 4.78 is 0. The molecule has 0 radical (unpaired) electrons. The summed E-state index contributed by atoms with van der Waals surface area (Å²) >= 11 is 0. The van der Waals surface area contributed by atoms with Gasteiger partial charge in [0.2, 0.25) is 0 Å². The molecule has 0 saturated heterocycles. The van der Waals surface area contributed by atoms with Crippen LogP contribution in [0.1, 0.15) is 57.8 Å². The molecule has 0 aromatic heterocycles. The molecule has 5 heteroatoms. The molecule has 1 rings (SSSR count). The lowest BCUT2D eigenvalue weighted by atomic mass is 10.0.